The average molecular weight is 950 g/mol. The van der Waals surface area contributed by atoms with Crippen molar-refractivity contribution in [1.29, 1.82) is 0 Å². The number of fused-ring (bicyclic) bond motifs is 3. The van der Waals surface area contributed by atoms with Gasteiger partial charge in [-0.25, -0.2) is 0 Å². The highest BCUT2D eigenvalue weighted by molar-refractivity contribution is 6.31. The molecule has 1 aliphatic carbocycles. The number of halogens is 1. The van der Waals surface area contributed by atoms with Crippen molar-refractivity contribution in [3.63, 3.8) is 0 Å². The van der Waals surface area contributed by atoms with E-state index in [0.29, 0.717) is 51.6 Å². The largest absolute Gasteiger partial charge is 0.507 e. The van der Waals surface area contributed by atoms with E-state index in [1.807, 2.05) is 39.0 Å². The molecular formula is C52H69ClN10O5. The van der Waals surface area contributed by atoms with Crippen LogP contribution in [0.1, 0.15) is 89.7 Å². The molecule has 68 heavy (non-hydrogen) atoms. The van der Waals surface area contributed by atoms with E-state index in [4.69, 9.17) is 18.0 Å². The number of aliphatic hydroxyl groups is 1. The lowest BCUT2D eigenvalue weighted by molar-refractivity contribution is -0.144. The molecule has 0 unspecified atom stereocenters. The van der Waals surface area contributed by atoms with E-state index >= 15 is 0 Å². The number of carbonyl (C=O) groups excluding carboxylic acids is 3. The lowest BCUT2D eigenvalue weighted by Gasteiger charge is -2.50. The van der Waals surface area contributed by atoms with Crippen molar-refractivity contribution in [3.05, 3.63) is 64.7 Å². The SMILES string of the molecule is C#Cc1ccc(CNC(=O)[C@@H]2C[C@@H](O)CN2C(=O)[C@@H](NC(=O)[C@H]2CC[C@@H](N3CCC(N4CCC(N5CCN6c7cc(-c8ccccc8O)nnc7NC[C@H]6C5)CC4)CC3)CC2)C(C)(C)C)c(Cl)c1. The summed E-state index contributed by atoms with van der Waals surface area (Å²) in [4.78, 5) is 53.7. The smallest absolute Gasteiger partial charge is 0.246 e. The van der Waals surface area contributed by atoms with Crippen LogP contribution in [-0.4, -0.2) is 159 Å². The number of phenolic OH excluding ortho intramolecular Hbond substituents is 1. The Hall–Kier alpha value is -4.98. The summed E-state index contributed by atoms with van der Waals surface area (Å²) in [7, 11) is 0. The van der Waals surface area contributed by atoms with Crippen LogP contribution in [0.3, 0.4) is 0 Å². The first kappa shape index (κ1) is 48.1. The Labute approximate surface area is 406 Å². The van der Waals surface area contributed by atoms with Crippen molar-refractivity contribution >= 4 is 40.8 Å². The molecule has 3 amide bonds. The number of piperidine rings is 2. The van der Waals surface area contributed by atoms with Gasteiger partial charge in [0.05, 0.1) is 23.5 Å². The Balaban J connectivity index is 0.707. The highest BCUT2D eigenvalue weighted by Crippen LogP contribution is 2.38. The lowest BCUT2D eigenvalue weighted by Crippen LogP contribution is -2.61. The zero-order chi connectivity index (χ0) is 47.7. The fraction of sp³-hybridized carbons (Fsp3) is 0.596. The molecule has 4 atom stereocenters. The molecule has 364 valence electrons. The quantitative estimate of drug-likeness (QED) is 0.178. The zero-order valence-electron chi connectivity index (χ0n) is 39.9. The van der Waals surface area contributed by atoms with Crippen molar-refractivity contribution in [1.82, 2.24) is 40.4 Å². The van der Waals surface area contributed by atoms with Gasteiger partial charge in [-0.1, -0.05) is 56.5 Å². The summed E-state index contributed by atoms with van der Waals surface area (Å²) in [5.74, 6) is 2.54. The number of piperazine rings is 1. The van der Waals surface area contributed by atoms with Crippen LogP contribution in [0.15, 0.2) is 48.5 Å². The van der Waals surface area contributed by atoms with Gasteiger partial charge in [-0.05, 0) is 119 Å². The van der Waals surface area contributed by atoms with Gasteiger partial charge in [-0.3, -0.25) is 19.3 Å². The minimum absolute atomic E-state index is 0.0197. The number of aliphatic hydroxyl groups excluding tert-OH is 1. The van der Waals surface area contributed by atoms with Crippen molar-refractivity contribution in [2.75, 3.05) is 69.1 Å². The molecule has 1 saturated carbocycles. The highest BCUT2D eigenvalue weighted by Gasteiger charge is 2.46. The molecule has 16 heteroatoms. The fourth-order valence-corrected chi connectivity index (χ4v) is 12.1. The summed E-state index contributed by atoms with van der Waals surface area (Å²) in [6.45, 7) is 14.2. The molecule has 0 spiro atoms. The number of aromatic nitrogens is 2. The summed E-state index contributed by atoms with van der Waals surface area (Å²) in [6.07, 6.45) is 13.0. The van der Waals surface area contributed by atoms with E-state index in [0.717, 1.165) is 89.5 Å². The molecule has 5 aliphatic heterocycles. The van der Waals surface area contributed by atoms with E-state index in [2.05, 4.69) is 57.7 Å². The first-order valence-corrected chi connectivity index (χ1v) is 25.3. The Bertz CT molecular complexity index is 2350. The number of rotatable bonds is 10. The number of β-amino-alcohol motifs (C(OH)–C–C–N with tert-alkyl or cyclic N) is 1. The molecule has 9 rings (SSSR count). The second kappa shape index (κ2) is 20.5. The highest BCUT2D eigenvalue weighted by atomic mass is 35.5. The minimum atomic E-state index is -0.874. The molecule has 6 heterocycles. The van der Waals surface area contributed by atoms with Crippen molar-refractivity contribution in [2.24, 2.45) is 11.3 Å². The second-order valence-corrected chi connectivity index (χ2v) is 21.5. The van der Waals surface area contributed by atoms with Crippen molar-refractivity contribution in [2.45, 2.75) is 127 Å². The molecule has 1 aromatic heterocycles. The van der Waals surface area contributed by atoms with Gasteiger partial charge in [-0.2, -0.15) is 0 Å². The molecule has 2 aromatic carbocycles. The van der Waals surface area contributed by atoms with Gasteiger partial charge in [0.15, 0.2) is 5.82 Å². The predicted molar refractivity (Wildman–Crippen MR) is 264 cm³/mol. The maximum absolute atomic E-state index is 14.2. The van der Waals surface area contributed by atoms with Crippen LogP contribution in [-0.2, 0) is 20.9 Å². The van der Waals surface area contributed by atoms with E-state index in [-0.39, 0.29) is 48.9 Å². The number of hydrogen-bond donors (Lipinski definition) is 5. The number of phenols is 1. The van der Waals surface area contributed by atoms with Gasteiger partial charge < -0.3 is 45.8 Å². The number of terminal acetylenes is 1. The summed E-state index contributed by atoms with van der Waals surface area (Å²) in [6, 6.07) is 14.9. The zero-order valence-corrected chi connectivity index (χ0v) is 40.6. The summed E-state index contributed by atoms with van der Waals surface area (Å²) >= 11 is 6.39. The number of benzene rings is 2. The van der Waals surface area contributed by atoms with Crippen molar-refractivity contribution < 1.29 is 24.6 Å². The van der Waals surface area contributed by atoms with Gasteiger partial charge in [0, 0.05) is 85.9 Å². The van der Waals surface area contributed by atoms with Gasteiger partial charge in [-0.15, -0.1) is 16.6 Å². The predicted octanol–water partition coefficient (Wildman–Crippen LogP) is 4.70. The van der Waals surface area contributed by atoms with Crippen molar-refractivity contribution in [3.8, 4) is 29.4 Å². The molecular weight excluding hydrogens is 880 g/mol. The van der Waals surface area contributed by atoms with Crippen LogP contribution < -0.4 is 20.9 Å². The van der Waals surface area contributed by atoms with E-state index in [1.54, 1.807) is 24.3 Å². The van der Waals surface area contributed by atoms with Crippen LogP contribution in [0.2, 0.25) is 5.02 Å². The Morgan fingerprint density at radius 2 is 1.51 bits per heavy atom. The number of likely N-dealkylation sites (tertiary alicyclic amines) is 3. The number of para-hydroxylation sites is 1. The number of carbonyl (C=O) groups is 3. The Kier molecular flexibility index (Phi) is 14.5. The number of hydrogen-bond acceptors (Lipinski definition) is 12. The number of anilines is 2. The molecule has 4 saturated heterocycles. The molecule has 6 aliphatic rings. The van der Waals surface area contributed by atoms with Crippen LogP contribution in [0.5, 0.6) is 5.75 Å². The van der Waals surface area contributed by atoms with Crippen LogP contribution in [0.4, 0.5) is 11.5 Å². The Morgan fingerprint density at radius 3 is 2.18 bits per heavy atom. The molecule has 3 aromatic rings. The topological polar surface area (TPSA) is 170 Å². The summed E-state index contributed by atoms with van der Waals surface area (Å²) in [5, 5.41) is 40.0. The fourth-order valence-electron chi connectivity index (χ4n) is 11.9. The maximum Gasteiger partial charge on any atom is 0.246 e. The van der Waals surface area contributed by atoms with E-state index in [9.17, 15) is 24.6 Å². The average Bonchev–Trinajstić information content (AvgIpc) is 3.76. The minimum Gasteiger partial charge on any atom is -0.507 e. The maximum atomic E-state index is 14.2. The molecule has 0 radical (unpaired) electrons. The van der Waals surface area contributed by atoms with E-state index < -0.39 is 23.6 Å². The number of aromatic hydroxyl groups is 1. The first-order chi connectivity index (χ1) is 32.7. The van der Waals surface area contributed by atoms with E-state index in [1.165, 1.54) is 30.6 Å². The lowest BCUT2D eigenvalue weighted by atomic mass is 9.82. The standard InChI is InChI=1S/C52H69ClN10O5/c1-5-33-10-11-35(42(53)26-33)29-55-50(67)45-27-40(64)32-63(45)51(68)47(52(2,3)4)56-49(66)34-12-14-36(15-13-34)59-20-16-37(17-21-59)60-22-18-38(19-23-60)61-24-25-62-39(31-61)30-54-48-44(62)28-43(57-58-48)41-8-6-7-9-46(41)65/h1,6-11,26,28,34,36-40,45,47,64-65H,12-25,27,29-32H2,2-4H3,(H,54,58)(H,55,67)(H,56,66)/t34-,36+,39-,40+,45-,47+/m0/s1. The van der Waals surface area contributed by atoms with Gasteiger partial charge in [0.25, 0.3) is 0 Å². The van der Waals surface area contributed by atoms with Crippen LogP contribution in [0, 0.1) is 23.7 Å². The second-order valence-electron chi connectivity index (χ2n) is 21.1. The third-order valence-electron chi connectivity index (χ3n) is 15.8. The Morgan fingerprint density at radius 1 is 0.838 bits per heavy atom. The first-order valence-electron chi connectivity index (χ1n) is 24.9. The third kappa shape index (κ3) is 10.5. The molecule has 0 bridgehead atoms. The summed E-state index contributed by atoms with van der Waals surface area (Å²) in [5.41, 5.74) is 3.16. The van der Waals surface area contributed by atoms with Crippen LogP contribution in [0.25, 0.3) is 11.3 Å². The normalized spacial score (nSPS) is 26.0. The summed E-state index contributed by atoms with van der Waals surface area (Å²) < 4.78 is 0. The number of amides is 3. The van der Waals surface area contributed by atoms with Gasteiger partial charge in [0.2, 0.25) is 17.7 Å². The molecule has 15 nitrogen and oxygen atoms in total. The number of nitrogens with zero attached hydrogens (tertiary/aromatic N) is 7. The van der Waals surface area contributed by atoms with Gasteiger partial charge >= 0.3 is 0 Å². The van der Waals surface area contributed by atoms with Gasteiger partial charge in [0.1, 0.15) is 17.8 Å². The monoisotopic (exact) mass is 949 g/mol. The molecule has 5 N–H and O–H groups in total. The van der Waals surface area contributed by atoms with Crippen LogP contribution >= 0.6 is 11.6 Å². The third-order valence-corrected chi connectivity index (χ3v) is 16.2. The number of nitrogens with one attached hydrogen (secondary N) is 3. The molecule has 5 fully saturated rings.